The van der Waals surface area contributed by atoms with E-state index in [4.69, 9.17) is 14.7 Å². The van der Waals surface area contributed by atoms with E-state index in [1.165, 1.54) is 32.0 Å². The normalized spacial score (nSPS) is 19.8. The van der Waals surface area contributed by atoms with Crippen molar-refractivity contribution in [1.82, 2.24) is 40.4 Å². The largest absolute Gasteiger partial charge is 0.453 e. The Kier molecular flexibility index (Phi) is 11.6. The second-order valence-corrected chi connectivity index (χ2v) is 22.4. The minimum absolute atomic E-state index is 0.0711. The molecule has 3 saturated heterocycles. The lowest BCUT2D eigenvalue weighted by atomic mass is 9.99. The van der Waals surface area contributed by atoms with Gasteiger partial charge in [0.25, 0.3) is 0 Å². The number of nitrogens with zero attached hydrogens (tertiary/aromatic N) is 4. The second kappa shape index (κ2) is 16.8. The maximum absolute atomic E-state index is 14.1. The fourth-order valence-corrected chi connectivity index (χ4v) is 15.2. The number of aromatic nitrogens is 4. The average molecular weight is 833 g/mol. The molecular formula is C45H56N8O6Si. The Morgan fingerprint density at radius 3 is 2.22 bits per heavy atom. The first kappa shape index (κ1) is 41.2. The van der Waals surface area contributed by atoms with Gasteiger partial charge in [-0.25, -0.2) is 14.8 Å². The van der Waals surface area contributed by atoms with Crippen LogP contribution in [0, 0.1) is 11.8 Å². The Morgan fingerprint density at radius 2 is 1.52 bits per heavy atom. The van der Waals surface area contributed by atoms with Gasteiger partial charge in [-0.3, -0.25) is 14.4 Å². The molecule has 2 aromatic heterocycles. The number of aromatic amines is 2. The number of nitrogens with one attached hydrogen (secondary N) is 4. The molecule has 3 aliphatic heterocycles. The number of alkyl carbamates (subject to hydrolysis) is 1. The summed E-state index contributed by atoms with van der Waals surface area (Å²) in [6.45, 7) is 7.56. The van der Waals surface area contributed by atoms with Gasteiger partial charge in [-0.15, -0.1) is 0 Å². The number of imidazole rings is 2. The lowest BCUT2D eigenvalue weighted by Crippen LogP contribution is -2.52. The molecule has 4 atom stereocenters. The summed E-state index contributed by atoms with van der Waals surface area (Å²) < 4.78 is 4.86. The topological polar surface area (TPSA) is 186 Å². The van der Waals surface area contributed by atoms with Crippen LogP contribution in [0.5, 0.6) is 0 Å². The lowest BCUT2D eigenvalue weighted by molar-refractivity contribution is -0.139. The summed E-state index contributed by atoms with van der Waals surface area (Å²) in [5, 5.41) is 16.8. The fraction of sp³-hybridized carbons (Fsp3) is 0.467. The van der Waals surface area contributed by atoms with Crippen molar-refractivity contribution in [2.45, 2.75) is 95.7 Å². The molecular weight excluding hydrogens is 777 g/mol. The first-order chi connectivity index (χ1) is 28.9. The van der Waals surface area contributed by atoms with E-state index in [1.807, 2.05) is 44.9 Å². The molecule has 0 radical (unpaired) electrons. The molecule has 60 heavy (non-hydrogen) atoms. The summed E-state index contributed by atoms with van der Waals surface area (Å²) >= 11 is 0. The number of likely N-dealkylation sites (tertiary alicyclic amines) is 1. The standard InChI is InChI=1S/C45H56N8O6Si/c1-26(2)38(49-37(55)23-54)43(56)52-18-8-9-35(52)42-47-33-17-15-31-21-30(14-16-32(31)40(33)50-42)28-10-12-29(13-11-28)34-22-46-41(48-34)36-24-60(19-6-7-20-60)25-53(36)44(57)39(27(3)4)51-45(58)59-5/h10-17,21-22,26-27,35-36,38-39,54H,6-9,18-20,23-25H2,1-5H3,(H,46,48)(H,47,50)(H,49,55)(H,51,58)/t35-,36-,38-,39-/m0/s1. The number of ether oxygens (including phenoxy) is 1. The van der Waals surface area contributed by atoms with Crippen LogP contribution in [-0.4, -0.2) is 105 Å². The van der Waals surface area contributed by atoms with Gasteiger partial charge >= 0.3 is 6.09 Å². The third-order valence-electron chi connectivity index (χ3n) is 13.0. The smallest absolute Gasteiger partial charge is 0.407 e. The van der Waals surface area contributed by atoms with Crippen molar-refractivity contribution in [3.8, 4) is 22.4 Å². The van der Waals surface area contributed by atoms with E-state index in [0.29, 0.717) is 6.54 Å². The van der Waals surface area contributed by atoms with Crippen LogP contribution in [0.2, 0.25) is 18.1 Å². The van der Waals surface area contributed by atoms with Gasteiger partial charge in [0.05, 0.1) is 50.2 Å². The number of carbonyl (C=O) groups is 4. The number of H-pyrrole nitrogens is 2. The Balaban J connectivity index is 1.00. The number of fused-ring (bicyclic) bond motifs is 3. The quantitative estimate of drug-likeness (QED) is 0.0920. The molecule has 5 heterocycles. The van der Waals surface area contributed by atoms with Gasteiger partial charge in [0.15, 0.2) is 0 Å². The molecule has 0 unspecified atom stereocenters. The molecule has 5 N–H and O–H groups in total. The molecule has 5 aromatic rings. The number of carbonyl (C=O) groups excluding carboxylic acids is 4. The maximum atomic E-state index is 14.1. The van der Waals surface area contributed by atoms with Crippen LogP contribution in [0.3, 0.4) is 0 Å². The molecule has 8 rings (SSSR count). The molecule has 14 nitrogen and oxygen atoms in total. The van der Waals surface area contributed by atoms with Gasteiger partial charge in [-0.1, -0.05) is 95.1 Å². The molecule has 15 heteroatoms. The highest BCUT2D eigenvalue weighted by Gasteiger charge is 2.51. The molecule has 0 aliphatic carbocycles. The third-order valence-corrected chi connectivity index (χ3v) is 18.1. The van der Waals surface area contributed by atoms with E-state index in [2.05, 4.69) is 69.1 Å². The lowest BCUT2D eigenvalue weighted by Gasteiger charge is -2.30. The van der Waals surface area contributed by atoms with Crippen LogP contribution in [0.25, 0.3) is 44.2 Å². The number of benzene rings is 3. The van der Waals surface area contributed by atoms with Crippen molar-refractivity contribution < 1.29 is 29.0 Å². The van der Waals surface area contributed by atoms with Crippen LogP contribution in [-0.2, 0) is 19.1 Å². The molecule has 3 aromatic carbocycles. The van der Waals surface area contributed by atoms with E-state index < -0.39 is 38.8 Å². The Labute approximate surface area is 350 Å². The van der Waals surface area contributed by atoms with E-state index in [0.717, 1.165) is 80.9 Å². The van der Waals surface area contributed by atoms with E-state index in [-0.39, 0.29) is 35.7 Å². The highest BCUT2D eigenvalue weighted by molar-refractivity contribution is 6.81. The summed E-state index contributed by atoms with van der Waals surface area (Å²) in [5.41, 5.74) is 5.75. The van der Waals surface area contributed by atoms with Gasteiger partial charge in [0.2, 0.25) is 17.7 Å². The van der Waals surface area contributed by atoms with Crippen LogP contribution >= 0.6 is 0 Å². The SMILES string of the molecule is COC(=O)N[C@H](C(=O)N1C[Si]2(CCCC2)C[C@H]1c1ncc(-c2ccc(-c3ccc4c(ccc5[nH]c([C@@H]6CCCN6C(=O)[C@@H](NC(=O)CO)C(C)C)nc54)c3)cc2)[nH]1)C(C)C. The number of amides is 4. The third kappa shape index (κ3) is 7.92. The fourth-order valence-electron chi connectivity index (χ4n) is 9.78. The number of hydrogen-bond acceptors (Lipinski definition) is 8. The molecule has 0 saturated carbocycles. The van der Waals surface area contributed by atoms with Gasteiger partial charge in [0, 0.05) is 18.1 Å². The highest BCUT2D eigenvalue weighted by Crippen LogP contribution is 2.46. The van der Waals surface area contributed by atoms with E-state index in [1.54, 1.807) is 4.90 Å². The van der Waals surface area contributed by atoms with Crippen LogP contribution in [0.4, 0.5) is 4.79 Å². The van der Waals surface area contributed by atoms with E-state index in [9.17, 15) is 24.3 Å². The van der Waals surface area contributed by atoms with Crippen molar-refractivity contribution in [2.75, 3.05) is 26.4 Å². The Bertz CT molecular complexity index is 2400. The molecule has 4 amide bonds. The summed E-state index contributed by atoms with van der Waals surface area (Å²) in [6.07, 6.45) is 6.08. The number of hydrogen-bond donors (Lipinski definition) is 5. The van der Waals surface area contributed by atoms with Crippen molar-refractivity contribution in [2.24, 2.45) is 11.8 Å². The van der Waals surface area contributed by atoms with Crippen molar-refractivity contribution in [3.63, 3.8) is 0 Å². The van der Waals surface area contributed by atoms with Crippen molar-refractivity contribution in [3.05, 3.63) is 72.4 Å². The van der Waals surface area contributed by atoms with Crippen LogP contribution in [0.1, 0.15) is 77.1 Å². The minimum Gasteiger partial charge on any atom is -0.453 e. The zero-order valence-corrected chi connectivity index (χ0v) is 36.1. The zero-order chi connectivity index (χ0) is 42.3. The summed E-state index contributed by atoms with van der Waals surface area (Å²) in [6, 6.07) is 20.5. The number of aliphatic hydroxyl groups excluding tert-OH is 1. The molecule has 1 spiro atoms. The van der Waals surface area contributed by atoms with Crippen molar-refractivity contribution >= 4 is 53.7 Å². The second-order valence-electron chi connectivity index (χ2n) is 17.7. The first-order valence-electron chi connectivity index (χ1n) is 21.3. The molecule has 316 valence electrons. The Morgan fingerprint density at radius 1 is 0.833 bits per heavy atom. The number of aliphatic hydroxyl groups is 1. The minimum atomic E-state index is -1.68. The predicted molar refractivity (Wildman–Crippen MR) is 232 cm³/mol. The summed E-state index contributed by atoms with van der Waals surface area (Å²) in [7, 11) is -0.366. The predicted octanol–water partition coefficient (Wildman–Crippen LogP) is 6.62. The molecule has 0 bridgehead atoms. The number of rotatable bonds is 11. The van der Waals surface area contributed by atoms with Gasteiger partial charge in [-0.2, -0.15) is 0 Å². The summed E-state index contributed by atoms with van der Waals surface area (Å²) in [5.74, 6) is 0.474. The van der Waals surface area contributed by atoms with E-state index >= 15 is 0 Å². The van der Waals surface area contributed by atoms with Crippen LogP contribution in [0.15, 0.2) is 60.8 Å². The highest BCUT2D eigenvalue weighted by atomic mass is 28.3. The maximum Gasteiger partial charge on any atom is 0.407 e. The number of methoxy groups -OCH3 is 1. The average Bonchev–Trinajstić information content (AvgIpc) is 4.11. The Hall–Kier alpha value is -5.54. The van der Waals surface area contributed by atoms with Gasteiger partial charge in [-0.05, 0) is 64.9 Å². The molecule has 3 aliphatic rings. The van der Waals surface area contributed by atoms with Crippen LogP contribution < -0.4 is 10.6 Å². The van der Waals surface area contributed by atoms with Gasteiger partial charge < -0.3 is 40.2 Å². The molecule has 3 fully saturated rings. The van der Waals surface area contributed by atoms with Gasteiger partial charge in [0.1, 0.15) is 30.3 Å². The van der Waals surface area contributed by atoms with Crippen molar-refractivity contribution in [1.29, 1.82) is 0 Å². The zero-order valence-electron chi connectivity index (χ0n) is 35.1. The summed E-state index contributed by atoms with van der Waals surface area (Å²) in [4.78, 5) is 72.8. The monoisotopic (exact) mass is 832 g/mol. The first-order valence-corrected chi connectivity index (χ1v) is 24.1.